The number of aryl methyl sites for hydroxylation is 2. The second-order valence-corrected chi connectivity index (χ2v) is 6.22. The van der Waals surface area contributed by atoms with Crippen molar-refractivity contribution in [2.75, 3.05) is 36.0 Å². The molecule has 1 fully saturated rings. The lowest BCUT2D eigenvalue weighted by Gasteiger charge is -2.37. The fourth-order valence-corrected chi connectivity index (χ4v) is 3.16. The van der Waals surface area contributed by atoms with Crippen LogP contribution in [-0.2, 0) is 0 Å². The Kier molecular flexibility index (Phi) is 4.10. The lowest BCUT2D eigenvalue weighted by molar-refractivity contribution is 0.645. The molecule has 0 bridgehead atoms. The van der Waals surface area contributed by atoms with Crippen LogP contribution in [0.5, 0.6) is 0 Å². The van der Waals surface area contributed by atoms with E-state index in [-0.39, 0.29) is 0 Å². The van der Waals surface area contributed by atoms with Gasteiger partial charge in [0.25, 0.3) is 0 Å². The molecular weight excluding hydrogens is 328 g/mol. The molecule has 0 spiro atoms. The van der Waals surface area contributed by atoms with Crippen LogP contribution in [0, 0.1) is 13.8 Å². The quantitative estimate of drug-likeness (QED) is 0.781. The number of rotatable bonds is 2. The normalized spacial score (nSPS) is 15.4. The van der Waals surface area contributed by atoms with Crippen molar-refractivity contribution in [3.8, 4) is 0 Å². The van der Waals surface area contributed by atoms with Crippen molar-refractivity contribution in [1.82, 2.24) is 9.97 Å². The third-order valence-corrected chi connectivity index (χ3v) is 4.17. The van der Waals surface area contributed by atoms with Gasteiger partial charge in [-0.2, -0.15) is 0 Å². The Morgan fingerprint density at radius 2 is 1.67 bits per heavy atom. The van der Waals surface area contributed by atoms with E-state index in [0.717, 1.165) is 42.4 Å². The molecule has 4 nitrogen and oxygen atoms in total. The van der Waals surface area contributed by atoms with Crippen molar-refractivity contribution >= 4 is 27.4 Å². The fraction of sp³-hybridized carbons (Fsp3) is 0.375. The van der Waals surface area contributed by atoms with Crippen molar-refractivity contribution in [2.45, 2.75) is 13.8 Å². The fourth-order valence-electron chi connectivity index (χ4n) is 2.70. The average molecular weight is 347 g/mol. The maximum Gasteiger partial charge on any atom is 0.133 e. The lowest BCUT2D eigenvalue weighted by atomic mass is 10.2. The van der Waals surface area contributed by atoms with Crippen molar-refractivity contribution in [3.63, 3.8) is 0 Å². The van der Waals surface area contributed by atoms with Gasteiger partial charge in [0.05, 0.1) is 0 Å². The highest BCUT2D eigenvalue weighted by atomic mass is 79.9. The zero-order valence-corrected chi connectivity index (χ0v) is 14.0. The summed E-state index contributed by atoms with van der Waals surface area (Å²) in [6, 6.07) is 10.7. The molecule has 2 aromatic rings. The van der Waals surface area contributed by atoms with Gasteiger partial charge in [0, 0.05) is 37.9 Å². The first kappa shape index (κ1) is 14.3. The van der Waals surface area contributed by atoms with Crippen molar-refractivity contribution in [1.29, 1.82) is 0 Å². The number of hydrogen-bond donors (Lipinski definition) is 0. The van der Waals surface area contributed by atoms with Gasteiger partial charge in [0.2, 0.25) is 0 Å². The van der Waals surface area contributed by atoms with Gasteiger partial charge < -0.3 is 9.80 Å². The Morgan fingerprint density at radius 1 is 0.952 bits per heavy atom. The molecule has 0 amide bonds. The summed E-state index contributed by atoms with van der Waals surface area (Å²) in [5.41, 5.74) is 2.62. The molecule has 1 saturated heterocycles. The topological polar surface area (TPSA) is 32.3 Å². The SMILES string of the molecule is Cc1cccc(N2CCN(c3cc(Br)nc(C)n3)CC2)c1. The number of halogens is 1. The first-order valence-electron chi connectivity index (χ1n) is 7.19. The van der Waals surface area contributed by atoms with Crippen LogP contribution in [0.4, 0.5) is 11.5 Å². The highest BCUT2D eigenvalue weighted by Gasteiger charge is 2.19. The Bertz CT molecular complexity index is 616. The molecule has 0 N–H and O–H groups in total. The number of nitrogens with zero attached hydrogens (tertiary/aromatic N) is 4. The predicted molar refractivity (Wildman–Crippen MR) is 90.1 cm³/mol. The van der Waals surface area contributed by atoms with Gasteiger partial charge in [0.1, 0.15) is 16.2 Å². The summed E-state index contributed by atoms with van der Waals surface area (Å²) in [7, 11) is 0. The van der Waals surface area contributed by atoms with Crippen LogP contribution < -0.4 is 9.80 Å². The minimum absolute atomic E-state index is 0.806. The predicted octanol–water partition coefficient (Wildman–Crippen LogP) is 3.18. The van der Waals surface area contributed by atoms with E-state index in [1.807, 2.05) is 13.0 Å². The summed E-state index contributed by atoms with van der Waals surface area (Å²) >= 11 is 3.45. The van der Waals surface area contributed by atoms with Gasteiger partial charge >= 0.3 is 0 Å². The molecule has 0 atom stereocenters. The molecule has 0 radical (unpaired) electrons. The number of piperazine rings is 1. The molecule has 0 saturated carbocycles. The summed E-state index contributed by atoms with van der Waals surface area (Å²) < 4.78 is 0.853. The molecule has 1 aliphatic heterocycles. The Labute approximate surface area is 133 Å². The highest BCUT2D eigenvalue weighted by molar-refractivity contribution is 9.10. The van der Waals surface area contributed by atoms with E-state index in [1.54, 1.807) is 0 Å². The first-order chi connectivity index (χ1) is 10.1. The Morgan fingerprint density at radius 3 is 2.33 bits per heavy atom. The molecule has 110 valence electrons. The number of benzene rings is 1. The van der Waals surface area contributed by atoms with Gasteiger partial charge in [-0.05, 0) is 47.5 Å². The highest BCUT2D eigenvalue weighted by Crippen LogP contribution is 2.21. The zero-order valence-electron chi connectivity index (χ0n) is 12.4. The first-order valence-corrected chi connectivity index (χ1v) is 7.99. The molecule has 0 aliphatic carbocycles. The summed E-state index contributed by atoms with van der Waals surface area (Å²) in [5.74, 6) is 1.82. The summed E-state index contributed by atoms with van der Waals surface area (Å²) in [4.78, 5) is 13.6. The van der Waals surface area contributed by atoms with E-state index >= 15 is 0 Å². The van der Waals surface area contributed by atoms with E-state index in [4.69, 9.17) is 0 Å². The third kappa shape index (κ3) is 3.35. The van der Waals surface area contributed by atoms with Crippen molar-refractivity contribution < 1.29 is 0 Å². The van der Waals surface area contributed by atoms with E-state index < -0.39 is 0 Å². The van der Waals surface area contributed by atoms with Crippen LogP contribution in [0.25, 0.3) is 0 Å². The standard InChI is InChI=1S/C16H19BrN4/c1-12-4-3-5-14(10-12)20-6-8-21(9-7-20)16-11-15(17)18-13(2)19-16/h3-5,10-11H,6-9H2,1-2H3. The van der Waals surface area contributed by atoms with E-state index in [0.29, 0.717) is 0 Å². The maximum atomic E-state index is 4.54. The Balaban J connectivity index is 1.70. The van der Waals surface area contributed by atoms with E-state index in [1.165, 1.54) is 11.3 Å². The second-order valence-electron chi connectivity index (χ2n) is 5.41. The lowest BCUT2D eigenvalue weighted by Crippen LogP contribution is -2.46. The molecule has 1 aromatic heterocycles. The largest absolute Gasteiger partial charge is 0.368 e. The number of aromatic nitrogens is 2. The third-order valence-electron chi connectivity index (χ3n) is 3.76. The van der Waals surface area contributed by atoms with E-state index in [9.17, 15) is 0 Å². The summed E-state index contributed by atoms with van der Waals surface area (Å²) in [6.07, 6.45) is 0. The monoisotopic (exact) mass is 346 g/mol. The van der Waals surface area contributed by atoms with Crippen LogP contribution >= 0.6 is 15.9 Å². The van der Waals surface area contributed by atoms with E-state index in [2.05, 4.69) is 66.9 Å². The van der Waals surface area contributed by atoms with Crippen molar-refractivity contribution in [3.05, 3.63) is 46.3 Å². The average Bonchev–Trinajstić information content (AvgIpc) is 2.46. The van der Waals surface area contributed by atoms with Crippen LogP contribution in [0.2, 0.25) is 0 Å². The van der Waals surface area contributed by atoms with Gasteiger partial charge in [-0.25, -0.2) is 9.97 Å². The summed E-state index contributed by atoms with van der Waals surface area (Å²) in [6.45, 7) is 8.07. The minimum atomic E-state index is 0.806. The molecule has 3 rings (SSSR count). The molecule has 2 heterocycles. The second kappa shape index (κ2) is 6.02. The molecule has 1 aromatic carbocycles. The molecule has 5 heteroatoms. The van der Waals surface area contributed by atoms with Crippen molar-refractivity contribution in [2.24, 2.45) is 0 Å². The van der Waals surface area contributed by atoms with Gasteiger partial charge in [0.15, 0.2) is 0 Å². The molecule has 1 aliphatic rings. The minimum Gasteiger partial charge on any atom is -0.368 e. The Hall–Kier alpha value is -1.62. The summed E-state index contributed by atoms with van der Waals surface area (Å²) in [5, 5.41) is 0. The van der Waals surface area contributed by atoms with Crippen LogP contribution in [0.3, 0.4) is 0 Å². The van der Waals surface area contributed by atoms with Crippen LogP contribution in [0.1, 0.15) is 11.4 Å². The molecular formula is C16H19BrN4. The maximum absolute atomic E-state index is 4.54. The zero-order chi connectivity index (χ0) is 14.8. The van der Waals surface area contributed by atoms with Crippen LogP contribution in [-0.4, -0.2) is 36.1 Å². The smallest absolute Gasteiger partial charge is 0.133 e. The van der Waals surface area contributed by atoms with Gasteiger partial charge in [-0.15, -0.1) is 0 Å². The van der Waals surface area contributed by atoms with Gasteiger partial charge in [-0.3, -0.25) is 0 Å². The van der Waals surface area contributed by atoms with Crippen LogP contribution in [0.15, 0.2) is 34.9 Å². The number of hydrogen-bond acceptors (Lipinski definition) is 4. The van der Waals surface area contributed by atoms with Gasteiger partial charge in [-0.1, -0.05) is 12.1 Å². The number of anilines is 2. The molecule has 0 unspecified atom stereocenters. The molecule has 21 heavy (non-hydrogen) atoms.